The number of hydrogen-bond donors (Lipinski definition) is 1. The SMILES string of the molecule is COc1ccccc1-n1nccc1[C@@H]1OCC[C@H]1C(=O)OCC(=O)Nc1ccc(C)c(C)c1. The zero-order valence-electron chi connectivity index (χ0n) is 18.9. The van der Waals surface area contributed by atoms with Crippen molar-refractivity contribution in [3.05, 3.63) is 71.5 Å². The Balaban J connectivity index is 1.43. The van der Waals surface area contributed by atoms with Gasteiger partial charge in [0.25, 0.3) is 5.91 Å². The van der Waals surface area contributed by atoms with Gasteiger partial charge in [-0.05, 0) is 61.7 Å². The molecule has 3 aromatic rings. The summed E-state index contributed by atoms with van der Waals surface area (Å²) in [6.07, 6.45) is 1.62. The van der Waals surface area contributed by atoms with Gasteiger partial charge in [0, 0.05) is 18.5 Å². The Morgan fingerprint density at radius 1 is 1.15 bits per heavy atom. The largest absolute Gasteiger partial charge is 0.494 e. The minimum atomic E-state index is -0.537. The highest BCUT2D eigenvalue weighted by molar-refractivity contribution is 5.93. The maximum absolute atomic E-state index is 12.8. The van der Waals surface area contributed by atoms with Gasteiger partial charge in [0.15, 0.2) is 6.61 Å². The number of amides is 1. The lowest BCUT2D eigenvalue weighted by Crippen LogP contribution is -2.27. The zero-order chi connectivity index (χ0) is 23.4. The summed E-state index contributed by atoms with van der Waals surface area (Å²) in [5.41, 5.74) is 4.34. The number of aromatic nitrogens is 2. The molecule has 8 heteroatoms. The van der Waals surface area contributed by atoms with Crippen LogP contribution < -0.4 is 10.1 Å². The van der Waals surface area contributed by atoms with E-state index in [2.05, 4.69) is 10.4 Å². The molecule has 0 saturated carbocycles. The van der Waals surface area contributed by atoms with Crippen LogP contribution in [0.4, 0.5) is 5.69 Å². The standard InChI is InChI=1S/C25H27N3O5/c1-16-8-9-18(14-17(16)2)27-23(29)15-33-25(30)19-11-13-32-24(19)21-10-12-26-28(21)20-6-4-5-7-22(20)31-3/h4-10,12,14,19,24H,11,13,15H2,1-3H3,(H,27,29)/t19-,24-/m1/s1. The fourth-order valence-electron chi connectivity index (χ4n) is 3.92. The number of aryl methyl sites for hydroxylation is 2. The van der Waals surface area contributed by atoms with E-state index in [1.807, 2.05) is 62.4 Å². The van der Waals surface area contributed by atoms with Crippen molar-refractivity contribution in [3.8, 4) is 11.4 Å². The van der Waals surface area contributed by atoms with Crippen LogP contribution in [0, 0.1) is 19.8 Å². The van der Waals surface area contributed by atoms with Crippen molar-refractivity contribution in [2.75, 3.05) is 25.6 Å². The van der Waals surface area contributed by atoms with Gasteiger partial charge in [-0.25, -0.2) is 4.68 Å². The summed E-state index contributed by atoms with van der Waals surface area (Å²) in [7, 11) is 1.59. The molecule has 8 nitrogen and oxygen atoms in total. The summed E-state index contributed by atoms with van der Waals surface area (Å²) in [6.45, 7) is 4.03. The summed E-state index contributed by atoms with van der Waals surface area (Å²) >= 11 is 0. The molecule has 1 aliphatic heterocycles. The molecule has 0 aliphatic carbocycles. The molecule has 1 aromatic heterocycles. The van der Waals surface area contributed by atoms with Gasteiger partial charge in [-0.3, -0.25) is 9.59 Å². The fraction of sp³-hybridized carbons (Fsp3) is 0.320. The predicted molar refractivity (Wildman–Crippen MR) is 122 cm³/mol. The summed E-state index contributed by atoms with van der Waals surface area (Å²) < 4.78 is 18.4. The number of para-hydroxylation sites is 2. The van der Waals surface area contributed by atoms with Crippen molar-refractivity contribution in [1.82, 2.24) is 9.78 Å². The smallest absolute Gasteiger partial charge is 0.312 e. The van der Waals surface area contributed by atoms with Gasteiger partial charge in [0.2, 0.25) is 0 Å². The fourth-order valence-corrected chi connectivity index (χ4v) is 3.92. The second kappa shape index (κ2) is 9.87. The van der Waals surface area contributed by atoms with Gasteiger partial charge < -0.3 is 19.5 Å². The summed E-state index contributed by atoms with van der Waals surface area (Å²) in [5.74, 6) is -0.742. The third-order valence-electron chi connectivity index (χ3n) is 5.81. The number of rotatable bonds is 7. The molecule has 0 radical (unpaired) electrons. The average molecular weight is 450 g/mol. The Morgan fingerprint density at radius 2 is 1.97 bits per heavy atom. The molecular formula is C25H27N3O5. The van der Waals surface area contributed by atoms with Gasteiger partial charge in [0.1, 0.15) is 17.5 Å². The molecule has 1 aliphatic rings. The normalized spacial score (nSPS) is 17.5. The molecule has 1 fully saturated rings. The first-order valence-electron chi connectivity index (χ1n) is 10.8. The van der Waals surface area contributed by atoms with Crippen LogP contribution in [-0.4, -0.2) is 42.0 Å². The summed E-state index contributed by atoms with van der Waals surface area (Å²) in [5, 5.41) is 7.17. The number of methoxy groups -OCH3 is 1. The molecule has 1 saturated heterocycles. The minimum absolute atomic E-state index is 0.360. The van der Waals surface area contributed by atoms with Crippen LogP contribution >= 0.6 is 0 Å². The molecule has 1 amide bonds. The van der Waals surface area contributed by atoms with Crippen LogP contribution in [0.15, 0.2) is 54.7 Å². The number of benzene rings is 2. The highest BCUT2D eigenvalue weighted by Crippen LogP contribution is 2.37. The summed E-state index contributed by atoms with van der Waals surface area (Å²) in [4.78, 5) is 25.1. The molecule has 2 aromatic carbocycles. The van der Waals surface area contributed by atoms with E-state index in [-0.39, 0.29) is 12.5 Å². The van der Waals surface area contributed by atoms with E-state index >= 15 is 0 Å². The van der Waals surface area contributed by atoms with Gasteiger partial charge in [-0.15, -0.1) is 0 Å². The number of nitrogens with zero attached hydrogens (tertiary/aromatic N) is 2. The molecule has 0 bridgehead atoms. The number of ether oxygens (including phenoxy) is 3. The zero-order valence-corrected chi connectivity index (χ0v) is 18.9. The number of hydrogen-bond acceptors (Lipinski definition) is 6. The van der Waals surface area contributed by atoms with Gasteiger partial charge in [0.05, 0.1) is 18.7 Å². The Labute approximate surface area is 192 Å². The number of carbonyl (C=O) groups excluding carboxylic acids is 2. The Hall–Kier alpha value is -3.65. The monoisotopic (exact) mass is 449 g/mol. The Bertz CT molecular complexity index is 1160. The highest BCUT2D eigenvalue weighted by atomic mass is 16.5. The van der Waals surface area contributed by atoms with Gasteiger partial charge in [-0.1, -0.05) is 18.2 Å². The van der Waals surface area contributed by atoms with Crippen molar-refractivity contribution < 1.29 is 23.8 Å². The summed E-state index contributed by atoms with van der Waals surface area (Å²) in [6, 6.07) is 14.9. The number of esters is 1. The molecule has 2 heterocycles. The Kier molecular flexibility index (Phi) is 6.74. The van der Waals surface area contributed by atoms with Crippen molar-refractivity contribution in [2.45, 2.75) is 26.4 Å². The molecule has 4 rings (SSSR count). The van der Waals surface area contributed by atoms with Crippen LogP contribution in [0.3, 0.4) is 0 Å². The van der Waals surface area contributed by atoms with E-state index in [1.165, 1.54) is 0 Å². The highest BCUT2D eigenvalue weighted by Gasteiger charge is 2.39. The molecule has 0 spiro atoms. The van der Waals surface area contributed by atoms with E-state index < -0.39 is 18.0 Å². The molecule has 1 N–H and O–H groups in total. The molecule has 172 valence electrons. The van der Waals surface area contributed by atoms with Crippen LogP contribution in [-0.2, 0) is 19.1 Å². The number of nitrogens with one attached hydrogen (secondary N) is 1. The first-order chi connectivity index (χ1) is 16.0. The lowest BCUT2D eigenvalue weighted by molar-refractivity contribution is -0.153. The van der Waals surface area contributed by atoms with Crippen molar-refractivity contribution >= 4 is 17.6 Å². The first-order valence-corrected chi connectivity index (χ1v) is 10.8. The van der Waals surface area contributed by atoms with Crippen molar-refractivity contribution in [1.29, 1.82) is 0 Å². The number of carbonyl (C=O) groups is 2. The lowest BCUT2D eigenvalue weighted by Gasteiger charge is -2.19. The predicted octanol–water partition coefficient (Wildman–Crippen LogP) is 3.76. The van der Waals surface area contributed by atoms with Crippen molar-refractivity contribution in [3.63, 3.8) is 0 Å². The van der Waals surface area contributed by atoms with Crippen LogP contribution in [0.2, 0.25) is 0 Å². The van der Waals surface area contributed by atoms with E-state index in [0.29, 0.717) is 24.5 Å². The first kappa shape index (κ1) is 22.5. The second-order valence-corrected chi connectivity index (χ2v) is 7.98. The average Bonchev–Trinajstić information content (AvgIpc) is 3.49. The van der Waals surface area contributed by atoms with Crippen LogP contribution in [0.5, 0.6) is 5.75 Å². The Morgan fingerprint density at radius 3 is 2.76 bits per heavy atom. The maximum Gasteiger partial charge on any atom is 0.312 e. The van der Waals surface area contributed by atoms with Crippen LogP contribution in [0.1, 0.15) is 29.3 Å². The van der Waals surface area contributed by atoms with Crippen LogP contribution in [0.25, 0.3) is 5.69 Å². The van der Waals surface area contributed by atoms with Crippen molar-refractivity contribution in [2.24, 2.45) is 5.92 Å². The third-order valence-corrected chi connectivity index (χ3v) is 5.81. The van der Waals surface area contributed by atoms with E-state index in [1.54, 1.807) is 18.0 Å². The molecule has 33 heavy (non-hydrogen) atoms. The molecule has 0 unspecified atom stereocenters. The number of anilines is 1. The topological polar surface area (TPSA) is 91.7 Å². The van der Waals surface area contributed by atoms with E-state index in [9.17, 15) is 9.59 Å². The quantitative estimate of drug-likeness (QED) is 0.553. The molecule has 2 atom stereocenters. The van der Waals surface area contributed by atoms with Gasteiger partial charge in [-0.2, -0.15) is 5.10 Å². The minimum Gasteiger partial charge on any atom is -0.494 e. The van der Waals surface area contributed by atoms with E-state index in [4.69, 9.17) is 14.2 Å². The third kappa shape index (κ3) is 4.90. The lowest BCUT2D eigenvalue weighted by atomic mass is 9.99. The maximum atomic E-state index is 12.8. The molecular weight excluding hydrogens is 422 g/mol. The second-order valence-electron chi connectivity index (χ2n) is 7.98. The van der Waals surface area contributed by atoms with Gasteiger partial charge >= 0.3 is 5.97 Å². The van der Waals surface area contributed by atoms with E-state index in [0.717, 1.165) is 22.5 Å².